The topological polar surface area (TPSA) is 256 Å². The third-order valence-corrected chi connectivity index (χ3v) is 13.9. The predicted molar refractivity (Wildman–Crippen MR) is 353 cm³/mol. The van der Waals surface area contributed by atoms with Gasteiger partial charge >= 0.3 is 35.8 Å². The van der Waals surface area contributed by atoms with E-state index in [0.29, 0.717) is 19.6 Å². The number of carbonyl (C=O) groups is 6. The van der Waals surface area contributed by atoms with E-state index in [4.69, 9.17) is 58.0 Å². The summed E-state index contributed by atoms with van der Waals surface area (Å²) in [5, 5.41) is 26.2. The molecule has 0 saturated heterocycles. The predicted octanol–water partition coefficient (Wildman–Crippen LogP) is 9.59. The summed E-state index contributed by atoms with van der Waals surface area (Å²) in [6.07, 6.45) is 2.25. The Kier molecular flexibility index (Phi) is 35.1. The first kappa shape index (κ1) is 76.3. The molecule has 93 heavy (non-hydrogen) atoms. The molecule has 504 valence electrons. The lowest BCUT2D eigenvalue weighted by Crippen LogP contribution is -2.35. The van der Waals surface area contributed by atoms with Crippen molar-refractivity contribution in [3.8, 4) is 34.5 Å². The second-order valence-corrected chi connectivity index (χ2v) is 22.6. The Bertz CT molecular complexity index is 3050. The van der Waals surface area contributed by atoms with Crippen LogP contribution in [0.5, 0.6) is 34.5 Å². The van der Waals surface area contributed by atoms with Crippen LogP contribution in [-0.4, -0.2) is 187 Å². The highest BCUT2D eigenvalue weighted by Crippen LogP contribution is 2.25. The summed E-state index contributed by atoms with van der Waals surface area (Å²) in [7, 11) is 16.2. The number of carboxylic acids is 3. The molecule has 0 heterocycles. The monoisotopic (exact) mass is 1290 g/mol. The van der Waals surface area contributed by atoms with Crippen molar-refractivity contribution in [3.63, 3.8) is 0 Å². The first-order valence-electron chi connectivity index (χ1n) is 30.8. The molecule has 6 aromatic carbocycles. The van der Waals surface area contributed by atoms with Crippen molar-refractivity contribution in [2.75, 3.05) is 103 Å². The van der Waals surface area contributed by atoms with Crippen molar-refractivity contribution in [2.24, 2.45) is 0 Å². The van der Waals surface area contributed by atoms with E-state index >= 15 is 0 Å². The number of rotatable bonds is 39. The summed E-state index contributed by atoms with van der Waals surface area (Å²) < 4.78 is 50.1. The van der Waals surface area contributed by atoms with Crippen molar-refractivity contribution in [1.29, 1.82) is 0 Å². The normalized spacial score (nSPS) is 11.7. The van der Waals surface area contributed by atoms with Crippen LogP contribution in [0.4, 0.5) is 0 Å². The lowest BCUT2D eigenvalue weighted by Gasteiger charge is -2.22. The summed E-state index contributed by atoms with van der Waals surface area (Å²) in [5.41, 5.74) is 6.78. The minimum Gasteiger partial charge on any atom is -0.497 e. The molecule has 0 saturated carbocycles. The maximum Gasteiger partial charge on any atom is 0.306 e. The van der Waals surface area contributed by atoms with Gasteiger partial charge in [-0.1, -0.05) is 91.0 Å². The van der Waals surface area contributed by atoms with Crippen molar-refractivity contribution in [1.82, 2.24) is 14.7 Å². The number of nitrogens with zero attached hydrogens (tertiary/aromatic N) is 3. The number of para-hydroxylation sites is 3. The fraction of sp³-hybridized carbons (Fsp3) is 0.417. The van der Waals surface area contributed by atoms with E-state index in [1.165, 1.54) is 16.7 Å². The molecule has 6 aromatic rings. The van der Waals surface area contributed by atoms with E-state index in [9.17, 15) is 28.8 Å². The lowest BCUT2D eigenvalue weighted by molar-refractivity contribution is -0.154. The highest BCUT2D eigenvalue weighted by atomic mass is 16.6. The standard InChI is InChI=1S/3C24H31NO6/c1-25(2)16-21(31-24(28)14-13-23(26)27)17-30-22-10-5-4-8-19(22)12-11-18-7-6-9-20(15-18)29-3;2*1-25(2)16-21(31-24(28)15-14-23(26)27)17-30-22-7-5-4-6-19(22)11-8-18-9-12-20(29-3)13-10-18/h4-10,15,21H,11-14,16-17H2,1-3H3,(H,26,27);2*4-7,9-10,12-13,21H,8,11,14-17H2,1-3H3,(H,26,27). The van der Waals surface area contributed by atoms with Gasteiger partial charge in [0, 0.05) is 19.6 Å². The maximum absolute atomic E-state index is 12.0. The summed E-state index contributed by atoms with van der Waals surface area (Å²) >= 11 is 0. The zero-order chi connectivity index (χ0) is 67.9. The van der Waals surface area contributed by atoms with Gasteiger partial charge in [0.25, 0.3) is 0 Å². The molecule has 21 heteroatoms. The van der Waals surface area contributed by atoms with Crippen LogP contribution >= 0.6 is 0 Å². The van der Waals surface area contributed by atoms with Gasteiger partial charge in [-0.05, 0) is 169 Å². The molecule has 0 aliphatic rings. The number of likely N-dealkylation sites (N-methyl/N-ethyl adjacent to an activating group) is 3. The van der Waals surface area contributed by atoms with Gasteiger partial charge in [-0.3, -0.25) is 28.8 Å². The van der Waals surface area contributed by atoms with Gasteiger partial charge in [0.05, 0.1) is 59.9 Å². The van der Waals surface area contributed by atoms with E-state index in [0.717, 1.165) is 89.7 Å². The number of carbonyl (C=O) groups excluding carboxylic acids is 3. The molecule has 0 aromatic heterocycles. The molecule has 6 rings (SSSR count). The average molecular weight is 1290 g/mol. The minimum atomic E-state index is -1.03. The van der Waals surface area contributed by atoms with Gasteiger partial charge in [-0.15, -0.1) is 0 Å². The molecular weight excluding hydrogens is 1190 g/mol. The molecule has 0 amide bonds. The van der Waals surface area contributed by atoms with E-state index in [2.05, 4.69) is 6.07 Å². The summed E-state index contributed by atoms with van der Waals surface area (Å²) in [4.78, 5) is 73.6. The highest BCUT2D eigenvalue weighted by Gasteiger charge is 2.22. The second-order valence-electron chi connectivity index (χ2n) is 22.6. The fourth-order valence-corrected chi connectivity index (χ4v) is 9.31. The number of benzene rings is 6. The van der Waals surface area contributed by atoms with Crippen LogP contribution in [-0.2, 0) is 81.5 Å². The molecule has 3 N–H and O–H groups in total. The van der Waals surface area contributed by atoms with E-state index in [-0.39, 0.29) is 58.3 Å². The SMILES string of the molecule is COc1ccc(CCc2ccccc2OCC(CN(C)C)OC(=O)CCC(=O)O)cc1.COc1ccc(CCc2ccccc2OCC(CN(C)C)OC(=O)CCC(=O)O)cc1.COc1cccc(CCc2ccccc2OCC(CN(C)C)OC(=O)CCC(=O)O)c1. The summed E-state index contributed by atoms with van der Waals surface area (Å²) in [6, 6.07) is 47.4. The van der Waals surface area contributed by atoms with Gasteiger partial charge in [0.2, 0.25) is 0 Å². The number of hydrogen-bond acceptors (Lipinski definition) is 18. The Morgan fingerprint density at radius 1 is 0.344 bits per heavy atom. The Labute approximate surface area is 547 Å². The third-order valence-electron chi connectivity index (χ3n) is 13.9. The molecule has 0 spiro atoms. The van der Waals surface area contributed by atoms with Crippen molar-refractivity contribution in [2.45, 2.75) is 95.4 Å². The zero-order valence-electron chi connectivity index (χ0n) is 55.1. The maximum atomic E-state index is 12.0. The number of hydrogen-bond donors (Lipinski definition) is 3. The van der Waals surface area contributed by atoms with E-state index < -0.39 is 54.1 Å². The lowest BCUT2D eigenvalue weighted by atomic mass is 10.0. The van der Waals surface area contributed by atoms with Crippen LogP contribution in [0, 0.1) is 0 Å². The minimum absolute atomic E-state index is 0.155. The quantitative estimate of drug-likeness (QED) is 0.0240. The molecular formula is C72H93N3O18. The highest BCUT2D eigenvalue weighted by molar-refractivity contribution is 5.77. The Morgan fingerprint density at radius 2 is 0.645 bits per heavy atom. The smallest absolute Gasteiger partial charge is 0.306 e. The van der Waals surface area contributed by atoms with Gasteiger partial charge in [0.15, 0.2) is 0 Å². The van der Waals surface area contributed by atoms with Crippen LogP contribution in [0.1, 0.15) is 71.9 Å². The fourth-order valence-electron chi connectivity index (χ4n) is 9.31. The van der Waals surface area contributed by atoms with Crippen molar-refractivity contribution < 1.29 is 86.7 Å². The molecule has 0 radical (unpaired) electrons. The molecule has 0 aliphatic carbocycles. The van der Waals surface area contributed by atoms with Crippen LogP contribution in [0.15, 0.2) is 146 Å². The third kappa shape index (κ3) is 32.6. The van der Waals surface area contributed by atoms with Crippen LogP contribution < -0.4 is 28.4 Å². The average Bonchev–Trinajstić information content (AvgIpc) is 3.01. The molecule has 0 bridgehead atoms. The first-order chi connectivity index (χ1) is 44.6. The largest absolute Gasteiger partial charge is 0.497 e. The Hall–Kier alpha value is -9.18. The zero-order valence-corrected chi connectivity index (χ0v) is 55.1. The van der Waals surface area contributed by atoms with Crippen molar-refractivity contribution >= 4 is 35.8 Å². The van der Waals surface area contributed by atoms with E-state index in [1.54, 1.807) is 21.3 Å². The van der Waals surface area contributed by atoms with E-state index in [1.807, 2.05) is 197 Å². The number of aliphatic carboxylic acids is 3. The number of methoxy groups -OCH3 is 3. The van der Waals surface area contributed by atoms with Gasteiger partial charge in [-0.25, -0.2) is 0 Å². The van der Waals surface area contributed by atoms with Crippen molar-refractivity contribution in [3.05, 3.63) is 179 Å². The molecule has 21 nitrogen and oxygen atoms in total. The summed E-state index contributed by atoms with van der Waals surface area (Å²) in [6.45, 7) is 2.00. The van der Waals surface area contributed by atoms with Crippen LogP contribution in [0.25, 0.3) is 0 Å². The first-order valence-corrected chi connectivity index (χ1v) is 30.8. The number of aryl methyl sites for hydroxylation is 6. The number of ether oxygens (including phenoxy) is 9. The van der Waals surface area contributed by atoms with Gasteiger partial charge < -0.3 is 72.7 Å². The molecule has 0 aliphatic heterocycles. The Morgan fingerprint density at radius 3 is 0.935 bits per heavy atom. The van der Waals surface area contributed by atoms with Gasteiger partial charge in [0.1, 0.15) is 72.6 Å². The van der Waals surface area contributed by atoms with Crippen LogP contribution in [0.3, 0.4) is 0 Å². The van der Waals surface area contributed by atoms with Crippen LogP contribution in [0.2, 0.25) is 0 Å². The second kappa shape index (κ2) is 42.8. The summed E-state index contributed by atoms with van der Waals surface area (Å²) in [5.74, 6) is 0.0559. The molecule has 3 atom stereocenters. The van der Waals surface area contributed by atoms with Gasteiger partial charge in [-0.2, -0.15) is 0 Å². The molecule has 3 unspecified atom stereocenters. The Balaban J connectivity index is 0.000000297. The number of carboxylic acid groups (broad SMARTS) is 3. The molecule has 0 fully saturated rings. The number of esters is 3.